The fraction of sp³-hybridized carbons (Fsp3) is 1.00. The van der Waals surface area contributed by atoms with Gasteiger partial charge in [0.25, 0.3) is 0 Å². The Balaban J connectivity index is 3.09. The second-order valence-electron chi connectivity index (χ2n) is 5.10. The molecule has 0 rings (SSSR count). The summed E-state index contributed by atoms with van der Waals surface area (Å²) in [5.41, 5.74) is 0. The lowest BCUT2D eigenvalue weighted by molar-refractivity contribution is 0.148. The average molecular weight is 257 g/mol. The second kappa shape index (κ2) is 14.2. The zero-order valence-electron chi connectivity index (χ0n) is 12.0. The highest BCUT2D eigenvalue weighted by atomic mass is 28.2. The third kappa shape index (κ3) is 14.1. The van der Waals surface area contributed by atoms with Gasteiger partial charge in [-0.2, -0.15) is 0 Å². The van der Waals surface area contributed by atoms with Gasteiger partial charge in [-0.3, -0.25) is 0 Å². The number of hydrogen-bond acceptors (Lipinski definition) is 1. The molecule has 1 N–H and O–H groups in total. The van der Waals surface area contributed by atoms with Gasteiger partial charge in [-0.15, -0.1) is 0 Å². The number of aliphatic hydroxyl groups is 1. The molecule has 0 aromatic carbocycles. The minimum absolute atomic E-state index is 0.0221. The first-order valence-corrected chi connectivity index (χ1v) is 9.11. The molecule has 0 fully saturated rings. The number of unbranched alkanes of at least 4 members (excludes halogenated alkanes) is 5. The summed E-state index contributed by atoms with van der Waals surface area (Å²) in [5.74, 6) is 0. The van der Waals surface area contributed by atoms with Crippen LogP contribution in [0.3, 0.4) is 0 Å². The third-order valence-corrected chi connectivity index (χ3v) is 4.77. The summed E-state index contributed by atoms with van der Waals surface area (Å²) in [6, 6.07) is 2.79. The Morgan fingerprint density at radius 1 is 0.765 bits per heavy atom. The summed E-state index contributed by atoms with van der Waals surface area (Å²) in [7, 11) is 1.15. The Morgan fingerprint density at radius 3 is 2.06 bits per heavy atom. The van der Waals surface area contributed by atoms with Gasteiger partial charge in [-0.05, 0) is 12.8 Å². The molecule has 17 heavy (non-hydrogen) atoms. The van der Waals surface area contributed by atoms with Gasteiger partial charge < -0.3 is 5.11 Å². The van der Waals surface area contributed by atoms with Gasteiger partial charge in [0.1, 0.15) is 0 Å². The zero-order valence-corrected chi connectivity index (χ0v) is 13.0. The summed E-state index contributed by atoms with van der Waals surface area (Å²) in [4.78, 5) is 0. The molecule has 0 saturated heterocycles. The fourth-order valence-electron chi connectivity index (χ4n) is 2.06. The van der Waals surface area contributed by atoms with Crippen molar-refractivity contribution in [3.05, 3.63) is 0 Å². The number of hydrogen-bond donors (Lipinski definition) is 1. The van der Waals surface area contributed by atoms with Crippen LogP contribution in [0.5, 0.6) is 0 Å². The maximum absolute atomic E-state index is 9.81. The molecule has 2 radical (unpaired) electrons. The van der Waals surface area contributed by atoms with Gasteiger partial charge in [0.2, 0.25) is 0 Å². The molecule has 0 aromatic rings. The minimum Gasteiger partial charge on any atom is -0.393 e. The molecule has 0 bridgehead atoms. The molecular weight excluding hydrogens is 224 g/mol. The van der Waals surface area contributed by atoms with Gasteiger partial charge in [0, 0.05) is 9.52 Å². The molecule has 0 heterocycles. The normalized spacial score (nSPS) is 12.9. The average Bonchev–Trinajstić information content (AvgIpc) is 2.33. The Hall–Kier alpha value is 0.177. The van der Waals surface area contributed by atoms with Crippen LogP contribution in [0.2, 0.25) is 12.1 Å². The Labute approximate surface area is 111 Å². The van der Waals surface area contributed by atoms with E-state index in [-0.39, 0.29) is 6.10 Å². The Kier molecular flexibility index (Phi) is 14.4. The number of rotatable bonds is 13. The number of aliphatic hydroxyl groups excluding tert-OH is 1. The Bertz CT molecular complexity index is 139. The molecule has 0 spiro atoms. The van der Waals surface area contributed by atoms with E-state index < -0.39 is 0 Å². The molecule has 1 atom stereocenters. The van der Waals surface area contributed by atoms with Crippen LogP contribution in [-0.2, 0) is 0 Å². The monoisotopic (exact) mass is 256 g/mol. The zero-order chi connectivity index (χ0) is 12.8. The molecule has 2 heteroatoms. The van der Waals surface area contributed by atoms with E-state index in [1.54, 1.807) is 0 Å². The maximum Gasteiger partial charge on any atom is 0.0540 e. The lowest BCUT2D eigenvalue weighted by Gasteiger charge is -2.09. The molecule has 0 aliphatic carbocycles. The van der Waals surface area contributed by atoms with Gasteiger partial charge in [-0.1, -0.05) is 77.3 Å². The molecule has 102 valence electrons. The van der Waals surface area contributed by atoms with Crippen LogP contribution in [0, 0.1) is 0 Å². The van der Waals surface area contributed by atoms with E-state index >= 15 is 0 Å². The van der Waals surface area contributed by atoms with E-state index in [1.807, 2.05) is 0 Å². The van der Waals surface area contributed by atoms with Crippen molar-refractivity contribution in [1.29, 1.82) is 0 Å². The molecule has 1 nitrogen and oxygen atoms in total. The van der Waals surface area contributed by atoms with Gasteiger partial charge in [0.05, 0.1) is 6.10 Å². The standard InChI is InChI=1S/C15H32OSi/c1-3-5-6-7-8-11-15(16)12-9-10-14-17-13-4-2/h15-16H,3-14H2,1-2H3. The van der Waals surface area contributed by atoms with Crippen LogP contribution in [0.15, 0.2) is 0 Å². The highest BCUT2D eigenvalue weighted by molar-refractivity contribution is 6.35. The first-order valence-electron chi connectivity index (χ1n) is 7.70. The smallest absolute Gasteiger partial charge is 0.0540 e. The van der Waals surface area contributed by atoms with Crippen LogP contribution in [0.4, 0.5) is 0 Å². The molecule has 0 aliphatic rings. The molecule has 0 aromatic heterocycles. The van der Waals surface area contributed by atoms with Crippen molar-refractivity contribution in [1.82, 2.24) is 0 Å². The Morgan fingerprint density at radius 2 is 1.41 bits per heavy atom. The van der Waals surface area contributed by atoms with Crippen molar-refractivity contribution in [3.8, 4) is 0 Å². The molecule has 0 amide bonds. The largest absolute Gasteiger partial charge is 0.393 e. The van der Waals surface area contributed by atoms with E-state index in [9.17, 15) is 5.11 Å². The van der Waals surface area contributed by atoms with Crippen molar-refractivity contribution < 1.29 is 5.11 Å². The predicted octanol–water partition coefficient (Wildman–Crippen LogP) is 4.83. The van der Waals surface area contributed by atoms with E-state index in [1.165, 1.54) is 63.5 Å². The quantitative estimate of drug-likeness (QED) is 0.370. The first-order chi connectivity index (χ1) is 8.31. The topological polar surface area (TPSA) is 20.2 Å². The van der Waals surface area contributed by atoms with Crippen molar-refractivity contribution in [2.75, 3.05) is 0 Å². The van der Waals surface area contributed by atoms with E-state index in [4.69, 9.17) is 0 Å². The van der Waals surface area contributed by atoms with E-state index in [0.717, 1.165) is 22.4 Å². The van der Waals surface area contributed by atoms with E-state index in [0.29, 0.717) is 0 Å². The molecule has 1 unspecified atom stereocenters. The molecule has 0 aliphatic heterocycles. The lowest BCUT2D eigenvalue weighted by atomic mass is 10.0. The summed E-state index contributed by atoms with van der Waals surface area (Å²) in [5, 5.41) is 9.81. The van der Waals surface area contributed by atoms with E-state index in [2.05, 4.69) is 13.8 Å². The van der Waals surface area contributed by atoms with Gasteiger partial charge >= 0.3 is 0 Å². The fourth-order valence-corrected chi connectivity index (χ4v) is 3.16. The van der Waals surface area contributed by atoms with Crippen molar-refractivity contribution in [3.63, 3.8) is 0 Å². The van der Waals surface area contributed by atoms with Gasteiger partial charge in [0.15, 0.2) is 0 Å². The molecule has 0 saturated carbocycles. The van der Waals surface area contributed by atoms with Crippen LogP contribution >= 0.6 is 0 Å². The van der Waals surface area contributed by atoms with Crippen molar-refractivity contribution in [2.24, 2.45) is 0 Å². The third-order valence-electron chi connectivity index (χ3n) is 3.21. The van der Waals surface area contributed by atoms with Crippen LogP contribution in [0.1, 0.15) is 78.1 Å². The lowest BCUT2D eigenvalue weighted by Crippen LogP contribution is -2.06. The highest BCUT2D eigenvalue weighted by Crippen LogP contribution is 2.12. The first kappa shape index (κ1) is 17.2. The summed E-state index contributed by atoms with van der Waals surface area (Å²) < 4.78 is 0. The maximum atomic E-state index is 9.81. The van der Waals surface area contributed by atoms with Crippen LogP contribution in [0.25, 0.3) is 0 Å². The van der Waals surface area contributed by atoms with Crippen molar-refractivity contribution >= 4 is 9.52 Å². The summed E-state index contributed by atoms with van der Waals surface area (Å²) in [6.45, 7) is 4.50. The highest BCUT2D eigenvalue weighted by Gasteiger charge is 2.03. The van der Waals surface area contributed by atoms with Crippen LogP contribution < -0.4 is 0 Å². The van der Waals surface area contributed by atoms with Crippen molar-refractivity contribution in [2.45, 2.75) is 96.2 Å². The second-order valence-corrected chi connectivity index (χ2v) is 6.60. The van der Waals surface area contributed by atoms with Crippen LogP contribution in [-0.4, -0.2) is 20.7 Å². The predicted molar refractivity (Wildman–Crippen MR) is 78.9 cm³/mol. The SMILES string of the molecule is CCCCCCCC(O)CCCC[Si]CCC. The minimum atomic E-state index is -0.0221. The molecular formula is C15H32OSi. The summed E-state index contributed by atoms with van der Waals surface area (Å²) >= 11 is 0. The van der Waals surface area contributed by atoms with Gasteiger partial charge in [-0.25, -0.2) is 0 Å². The summed E-state index contributed by atoms with van der Waals surface area (Å²) in [6.07, 6.45) is 12.5.